The van der Waals surface area contributed by atoms with Gasteiger partial charge in [0.25, 0.3) is 0 Å². The van der Waals surface area contributed by atoms with Crippen molar-refractivity contribution >= 4 is 40.6 Å². The van der Waals surface area contributed by atoms with Gasteiger partial charge in [-0.15, -0.1) is 0 Å². The maximum Gasteiger partial charge on any atom is 0.242 e. The summed E-state index contributed by atoms with van der Waals surface area (Å²) in [7, 11) is 0. The third-order valence-electron chi connectivity index (χ3n) is 1.31. The van der Waals surface area contributed by atoms with E-state index >= 15 is 0 Å². The number of benzene rings is 1. The van der Waals surface area contributed by atoms with Gasteiger partial charge in [0, 0.05) is 10.1 Å². The Hall–Kier alpha value is 0.230. The highest BCUT2D eigenvalue weighted by atomic mass is 32.9. The SMILES string of the molecule is C=CSc1ccccc1.CC(C)SP(O)(O)=S. The molecule has 0 amide bonds. The minimum atomic E-state index is -2.97. The molecule has 0 saturated carbocycles. The van der Waals surface area contributed by atoms with Gasteiger partial charge in [-0.05, 0) is 29.3 Å². The van der Waals surface area contributed by atoms with Gasteiger partial charge in [0.2, 0.25) is 5.69 Å². The predicted octanol–water partition coefficient (Wildman–Crippen LogP) is 4.26. The molecule has 17 heavy (non-hydrogen) atoms. The number of thioether (sulfide) groups is 1. The van der Waals surface area contributed by atoms with Crippen LogP contribution in [0.4, 0.5) is 0 Å². The molecule has 0 aliphatic heterocycles. The van der Waals surface area contributed by atoms with Crippen molar-refractivity contribution in [2.75, 3.05) is 0 Å². The predicted molar refractivity (Wildman–Crippen MR) is 83.9 cm³/mol. The van der Waals surface area contributed by atoms with Gasteiger partial charge in [-0.2, -0.15) is 0 Å². The van der Waals surface area contributed by atoms with Crippen molar-refractivity contribution < 1.29 is 9.79 Å². The summed E-state index contributed by atoms with van der Waals surface area (Å²) in [6.07, 6.45) is 0. The molecule has 1 aromatic carbocycles. The Balaban J connectivity index is 0.000000304. The summed E-state index contributed by atoms with van der Waals surface area (Å²) in [6, 6.07) is 10.2. The van der Waals surface area contributed by atoms with Crippen molar-refractivity contribution in [3.05, 3.63) is 42.3 Å². The Bertz CT molecular complexity index is 362. The van der Waals surface area contributed by atoms with Crippen molar-refractivity contribution in [1.82, 2.24) is 0 Å². The topological polar surface area (TPSA) is 40.5 Å². The zero-order valence-electron chi connectivity index (χ0n) is 9.81. The lowest BCUT2D eigenvalue weighted by Gasteiger charge is -2.07. The van der Waals surface area contributed by atoms with Crippen LogP contribution in [0.1, 0.15) is 13.8 Å². The van der Waals surface area contributed by atoms with Crippen LogP contribution in [0.25, 0.3) is 0 Å². The molecule has 0 aliphatic rings. The van der Waals surface area contributed by atoms with Gasteiger partial charge in [0.15, 0.2) is 0 Å². The fourth-order valence-corrected chi connectivity index (χ4v) is 5.12. The van der Waals surface area contributed by atoms with Gasteiger partial charge in [0.1, 0.15) is 0 Å². The van der Waals surface area contributed by atoms with Gasteiger partial charge in [-0.3, -0.25) is 0 Å². The molecule has 0 saturated heterocycles. The molecule has 96 valence electrons. The van der Waals surface area contributed by atoms with E-state index in [-0.39, 0.29) is 5.25 Å². The second-order valence-electron chi connectivity index (χ2n) is 3.24. The average molecular weight is 308 g/mol. The van der Waals surface area contributed by atoms with Gasteiger partial charge in [-0.1, -0.05) is 61.8 Å². The van der Waals surface area contributed by atoms with Crippen molar-refractivity contribution in [3.63, 3.8) is 0 Å². The van der Waals surface area contributed by atoms with E-state index in [1.165, 1.54) is 4.90 Å². The van der Waals surface area contributed by atoms with Crippen molar-refractivity contribution in [1.29, 1.82) is 0 Å². The second kappa shape index (κ2) is 9.20. The Morgan fingerprint density at radius 1 is 1.29 bits per heavy atom. The van der Waals surface area contributed by atoms with Gasteiger partial charge in [-0.25, -0.2) is 0 Å². The molecule has 0 heterocycles. The smallest absolute Gasteiger partial charge is 0.242 e. The van der Waals surface area contributed by atoms with E-state index in [9.17, 15) is 0 Å². The van der Waals surface area contributed by atoms with E-state index in [1.54, 1.807) is 11.8 Å². The number of rotatable bonds is 4. The Morgan fingerprint density at radius 3 is 2.12 bits per heavy atom. The van der Waals surface area contributed by atoms with Crippen LogP contribution in [0.15, 0.2) is 47.2 Å². The summed E-state index contributed by atoms with van der Waals surface area (Å²) in [5.41, 5.74) is -2.97. The van der Waals surface area contributed by atoms with E-state index in [4.69, 9.17) is 9.79 Å². The van der Waals surface area contributed by atoms with Gasteiger partial charge in [0.05, 0.1) is 0 Å². The Morgan fingerprint density at radius 2 is 1.82 bits per heavy atom. The van der Waals surface area contributed by atoms with Crippen LogP contribution in [0, 0.1) is 0 Å². The standard InChI is InChI=1S/C8H8S.C3H9O2PS2/c1-2-9-8-6-4-3-5-7-8;1-3(2)8-6(4,5)7/h2-7H,1H2;3H,1-2H3,(H2,4,5,7). The highest BCUT2D eigenvalue weighted by Crippen LogP contribution is 2.52. The monoisotopic (exact) mass is 308 g/mol. The summed E-state index contributed by atoms with van der Waals surface area (Å²) >= 11 is 7.03. The third kappa shape index (κ3) is 12.5. The quantitative estimate of drug-likeness (QED) is 0.642. The fraction of sp³-hybridized carbons (Fsp3) is 0.273. The van der Waals surface area contributed by atoms with Crippen LogP contribution >= 0.6 is 28.8 Å². The van der Waals surface area contributed by atoms with E-state index < -0.39 is 5.69 Å². The molecular weight excluding hydrogens is 291 g/mol. The molecule has 0 unspecified atom stereocenters. The largest absolute Gasteiger partial charge is 0.338 e. The molecule has 1 aromatic rings. The summed E-state index contributed by atoms with van der Waals surface area (Å²) in [5.74, 6) is 0. The van der Waals surface area contributed by atoms with Crippen LogP contribution in [0.2, 0.25) is 0 Å². The van der Waals surface area contributed by atoms with Crippen molar-refractivity contribution in [2.45, 2.75) is 24.0 Å². The molecule has 0 bridgehead atoms. The van der Waals surface area contributed by atoms with Crippen LogP contribution in [-0.4, -0.2) is 15.0 Å². The van der Waals surface area contributed by atoms with Crippen molar-refractivity contribution in [3.8, 4) is 0 Å². The lowest BCUT2D eigenvalue weighted by Crippen LogP contribution is -1.84. The molecule has 0 spiro atoms. The van der Waals surface area contributed by atoms with Crippen LogP contribution in [0.5, 0.6) is 0 Å². The molecule has 1 rings (SSSR count). The maximum atomic E-state index is 8.63. The highest BCUT2D eigenvalue weighted by molar-refractivity contribution is 8.67. The molecule has 2 nitrogen and oxygen atoms in total. The number of hydrogen-bond acceptors (Lipinski definition) is 3. The molecule has 0 atom stereocenters. The van der Waals surface area contributed by atoms with Crippen LogP contribution < -0.4 is 0 Å². The highest BCUT2D eigenvalue weighted by Gasteiger charge is 2.09. The number of hydrogen-bond donors (Lipinski definition) is 2. The van der Waals surface area contributed by atoms with Crippen molar-refractivity contribution in [2.24, 2.45) is 0 Å². The first-order chi connectivity index (χ1) is 7.85. The molecule has 0 fully saturated rings. The molecule has 2 N–H and O–H groups in total. The fourth-order valence-electron chi connectivity index (χ4n) is 0.870. The first-order valence-corrected chi connectivity index (χ1v) is 9.99. The molecule has 0 aliphatic carbocycles. The van der Waals surface area contributed by atoms with Gasteiger partial charge < -0.3 is 9.79 Å². The van der Waals surface area contributed by atoms with Gasteiger partial charge >= 0.3 is 0 Å². The third-order valence-corrected chi connectivity index (χ3v) is 5.58. The normalized spacial score (nSPS) is 10.6. The molecule has 0 radical (unpaired) electrons. The lowest BCUT2D eigenvalue weighted by molar-refractivity contribution is 0.502. The second-order valence-corrected chi connectivity index (χ2v) is 10.8. The minimum absolute atomic E-state index is 0.204. The summed E-state index contributed by atoms with van der Waals surface area (Å²) in [6.45, 7) is 7.37. The Kier molecular flexibility index (Phi) is 9.32. The van der Waals surface area contributed by atoms with E-state index in [0.717, 1.165) is 11.4 Å². The zero-order chi connectivity index (χ0) is 13.3. The lowest BCUT2D eigenvalue weighted by atomic mass is 10.4. The summed E-state index contributed by atoms with van der Waals surface area (Å²) in [4.78, 5) is 18.5. The molecule has 0 aromatic heterocycles. The van der Waals surface area contributed by atoms with E-state index in [0.29, 0.717) is 0 Å². The summed E-state index contributed by atoms with van der Waals surface area (Å²) in [5, 5.41) is 2.03. The van der Waals surface area contributed by atoms with E-state index in [1.807, 2.05) is 37.5 Å². The van der Waals surface area contributed by atoms with Crippen LogP contribution in [-0.2, 0) is 11.8 Å². The molecule has 6 heteroatoms. The van der Waals surface area contributed by atoms with Crippen LogP contribution in [0.3, 0.4) is 0 Å². The molecular formula is C11H17O2PS3. The first kappa shape index (κ1) is 17.2. The minimum Gasteiger partial charge on any atom is -0.338 e. The Labute approximate surface area is 116 Å². The van der Waals surface area contributed by atoms with E-state index in [2.05, 4.69) is 30.5 Å². The maximum absolute atomic E-state index is 8.63. The summed E-state index contributed by atoms with van der Waals surface area (Å²) < 4.78 is 0. The first-order valence-electron chi connectivity index (χ1n) is 4.91. The average Bonchev–Trinajstić information content (AvgIpc) is 2.16. The zero-order valence-corrected chi connectivity index (χ0v) is 13.2.